The molecule has 1 aromatic heterocycles. The Morgan fingerprint density at radius 1 is 1.14 bits per heavy atom. The number of benzene rings is 1. The smallest absolute Gasteiger partial charge is 0.348 e. The first kappa shape index (κ1) is 21.9. The summed E-state index contributed by atoms with van der Waals surface area (Å²) in [7, 11) is 1.50. The quantitative estimate of drug-likeness (QED) is 0.294. The van der Waals surface area contributed by atoms with Crippen LogP contribution in [0.15, 0.2) is 35.9 Å². The second kappa shape index (κ2) is 10.2. The molecule has 7 nitrogen and oxygen atoms in total. The molecule has 7 heteroatoms. The van der Waals surface area contributed by atoms with E-state index < -0.39 is 5.97 Å². The van der Waals surface area contributed by atoms with Gasteiger partial charge < -0.3 is 18.8 Å². The van der Waals surface area contributed by atoms with Crippen LogP contribution >= 0.6 is 0 Å². The summed E-state index contributed by atoms with van der Waals surface area (Å²) in [6, 6.07) is 10.8. The number of methoxy groups -OCH3 is 1. The SMILES string of the molecule is CCOC(=O)c1ccc(-n2c(C)cc(/C=C(\C#N)C(=O)OCCOC)c2C)cc1. The first-order chi connectivity index (χ1) is 13.9. The fourth-order valence-corrected chi connectivity index (χ4v) is 2.88. The van der Waals surface area contributed by atoms with Crippen LogP contribution in [0.5, 0.6) is 0 Å². The van der Waals surface area contributed by atoms with Gasteiger partial charge in [0, 0.05) is 24.2 Å². The lowest BCUT2D eigenvalue weighted by Gasteiger charge is -2.10. The van der Waals surface area contributed by atoms with Crippen molar-refractivity contribution in [3.63, 3.8) is 0 Å². The number of carbonyl (C=O) groups excluding carboxylic acids is 2. The summed E-state index contributed by atoms with van der Waals surface area (Å²) in [5.74, 6) is -1.05. The van der Waals surface area contributed by atoms with Crippen LogP contribution in [0.3, 0.4) is 0 Å². The van der Waals surface area contributed by atoms with E-state index in [9.17, 15) is 14.9 Å². The molecule has 2 aromatic rings. The molecule has 0 saturated heterocycles. The Kier molecular flexibility index (Phi) is 7.75. The topological polar surface area (TPSA) is 90.6 Å². The number of hydrogen-bond acceptors (Lipinski definition) is 6. The summed E-state index contributed by atoms with van der Waals surface area (Å²) in [6.45, 7) is 6.24. The van der Waals surface area contributed by atoms with Crippen molar-refractivity contribution in [2.24, 2.45) is 0 Å². The van der Waals surface area contributed by atoms with E-state index in [1.807, 2.05) is 42.7 Å². The number of nitriles is 1. The van der Waals surface area contributed by atoms with E-state index in [1.54, 1.807) is 19.1 Å². The third-order valence-corrected chi connectivity index (χ3v) is 4.27. The molecular formula is C22H24N2O5. The number of hydrogen-bond donors (Lipinski definition) is 0. The van der Waals surface area contributed by atoms with Crippen LogP contribution in [0.4, 0.5) is 0 Å². The van der Waals surface area contributed by atoms with Crippen LogP contribution < -0.4 is 0 Å². The molecule has 29 heavy (non-hydrogen) atoms. The van der Waals surface area contributed by atoms with Gasteiger partial charge >= 0.3 is 11.9 Å². The van der Waals surface area contributed by atoms with Crippen LogP contribution in [0, 0.1) is 25.2 Å². The Hall–Kier alpha value is -3.37. The van der Waals surface area contributed by atoms with E-state index in [1.165, 1.54) is 13.2 Å². The van der Waals surface area contributed by atoms with Gasteiger partial charge in [-0.3, -0.25) is 0 Å². The monoisotopic (exact) mass is 396 g/mol. The van der Waals surface area contributed by atoms with Crippen molar-refractivity contribution >= 4 is 18.0 Å². The number of carbonyl (C=O) groups is 2. The molecule has 0 amide bonds. The molecule has 1 heterocycles. The minimum Gasteiger partial charge on any atom is -0.462 e. The third-order valence-electron chi connectivity index (χ3n) is 4.27. The molecular weight excluding hydrogens is 372 g/mol. The molecule has 0 bridgehead atoms. The van der Waals surface area contributed by atoms with Crippen molar-refractivity contribution in [1.82, 2.24) is 4.57 Å². The Balaban J connectivity index is 2.31. The molecule has 0 N–H and O–H groups in total. The lowest BCUT2D eigenvalue weighted by atomic mass is 10.1. The number of aromatic nitrogens is 1. The zero-order chi connectivity index (χ0) is 21.4. The first-order valence-electron chi connectivity index (χ1n) is 9.17. The summed E-state index contributed by atoms with van der Waals surface area (Å²) in [5.41, 5.74) is 3.75. The Bertz CT molecular complexity index is 949. The zero-order valence-electron chi connectivity index (χ0n) is 17.0. The van der Waals surface area contributed by atoms with Gasteiger partial charge in [-0.05, 0) is 62.7 Å². The molecule has 0 spiro atoms. The van der Waals surface area contributed by atoms with Crippen molar-refractivity contribution in [2.45, 2.75) is 20.8 Å². The summed E-state index contributed by atoms with van der Waals surface area (Å²) < 4.78 is 16.8. The highest BCUT2D eigenvalue weighted by Crippen LogP contribution is 2.23. The number of rotatable bonds is 8. The molecule has 0 saturated carbocycles. The van der Waals surface area contributed by atoms with Crippen LogP contribution in [0.25, 0.3) is 11.8 Å². The summed E-state index contributed by atoms with van der Waals surface area (Å²) in [4.78, 5) is 23.9. The molecule has 0 radical (unpaired) electrons. The van der Waals surface area contributed by atoms with Gasteiger partial charge in [-0.2, -0.15) is 5.26 Å². The molecule has 0 aliphatic rings. The molecule has 152 valence electrons. The van der Waals surface area contributed by atoms with E-state index in [0.29, 0.717) is 12.2 Å². The molecule has 0 aliphatic heterocycles. The lowest BCUT2D eigenvalue weighted by molar-refractivity contribution is -0.139. The Morgan fingerprint density at radius 3 is 2.41 bits per heavy atom. The van der Waals surface area contributed by atoms with Crippen molar-refractivity contribution in [1.29, 1.82) is 5.26 Å². The fraction of sp³-hybridized carbons (Fsp3) is 0.318. The molecule has 0 atom stereocenters. The van der Waals surface area contributed by atoms with Gasteiger partial charge in [0.1, 0.15) is 18.2 Å². The van der Waals surface area contributed by atoms with Gasteiger partial charge in [0.25, 0.3) is 0 Å². The Morgan fingerprint density at radius 2 is 1.83 bits per heavy atom. The number of esters is 2. The summed E-state index contributed by atoms with van der Waals surface area (Å²) in [6.07, 6.45) is 1.51. The second-order valence-electron chi connectivity index (χ2n) is 6.23. The van der Waals surface area contributed by atoms with Gasteiger partial charge in [0.05, 0.1) is 18.8 Å². The summed E-state index contributed by atoms with van der Waals surface area (Å²) in [5, 5.41) is 9.32. The Labute approximate surface area is 170 Å². The van der Waals surface area contributed by atoms with E-state index in [2.05, 4.69) is 0 Å². The van der Waals surface area contributed by atoms with E-state index in [0.717, 1.165) is 22.6 Å². The predicted octanol–water partition coefficient (Wildman–Crippen LogP) is 3.37. The van der Waals surface area contributed by atoms with Crippen molar-refractivity contribution < 1.29 is 23.8 Å². The molecule has 0 aliphatic carbocycles. The highest BCUT2D eigenvalue weighted by atomic mass is 16.6. The number of ether oxygens (including phenoxy) is 3. The molecule has 1 aromatic carbocycles. The van der Waals surface area contributed by atoms with Crippen LogP contribution in [0.1, 0.15) is 34.2 Å². The third kappa shape index (κ3) is 5.33. The van der Waals surface area contributed by atoms with Gasteiger partial charge in [0.15, 0.2) is 0 Å². The molecule has 2 rings (SSSR count). The van der Waals surface area contributed by atoms with Gasteiger partial charge in [-0.1, -0.05) is 0 Å². The standard InChI is InChI=1S/C22H24N2O5/c1-5-28-21(25)17-6-8-20(9-7-17)24-15(2)12-18(16(24)3)13-19(14-23)22(26)29-11-10-27-4/h6-9,12-13H,5,10-11H2,1-4H3/b19-13+. The predicted molar refractivity (Wildman–Crippen MR) is 108 cm³/mol. The molecule has 0 fully saturated rings. The second-order valence-corrected chi connectivity index (χ2v) is 6.23. The number of aryl methyl sites for hydroxylation is 1. The minimum atomic E-state index is -0.687. The van der Waals surface area contributed by atoms with Crippen molar-refractivity contribution in [3.05, 3.63) is 58.4 Å². The fourth-order valence-electron chi connectivity index (χ4n) is 2.88. The van der Waals surface area contributed by atoms with E-state index in [-0.39, 0.29) is 24.8 Å². The van der Waals surface area contributed by atoms with Crippen LogP contribution in [0.2, 0.25) is 0 Å². The maximum Gasteiger partial charge on any atom is 0.348 e. The van der Waals surface area contributed by atoms with E-state index in [4.69, 9.17) is 14.2 Å². The number of nitrogens with zero attached hydrogens (tertiary/aromatic N) is 2. The molecule has 0 unspecified atom stereocenters. The van der Waals surface area contributed by atoms with Crippen LogP contribution in [-0.2, 0) is 19.0 Å². The highest BCUT2D eigenvalue weighted by Gasteiger charge is 2.15. The maximum absolute atomic E-state index is 12.1. The largest absolute Gasteiger partial charge is 0.462 e. The van der Waals surface area contributed by atoms with Gasteiger partial charge in [-0.15, -0.1) is 0 Å². The van der Waals surface area contributed by atoms with E-state index >= 15 is 0 Å². The lowest BCUT2D eigenvalue weighted by Crippen LogP contribution is -2.11. The normalized spacial score (nSPS) is 11.1. The zero-order valence-corrected chi connectivity index (χ0v) is 17.0. The van der Waals surface area contributed by atoms with Crippen molar-refractivity contribution in [2.75, 3.05) is 26.9 Å². The first-order valence-corrected chi connectivity index (χ1v) is 9.17. The van der Waals surface area contributed by atoms with Crippen molar-refractivity contribution in [3.8, 4) is 11.8 Å². The van der Waals surface area contributed by atoms with Gasteiger partial charge in [0.2, 0.25) is 0 Å². The average molecular weight is 396 g/mol. The summed E-state index contributed by atoms with van der Waals surface area (Å²) >= 11 is 0. The van der Waals surface area contributed by atoms with Gasteiger partial charge in [-0.25, -0.2) is 9.59 Å². The van der Waals surface area contributed by atoms with Crippen LogP contribution in [-0.4, -0.2) is 43.4 Å². The highest BCUT2D eigenvalue weighted by molar-refractivity contribution is 5.98. The minimum absolute atomic E-state index is 0.0835. The average Bonchev–Trinajstić information content (AvgIpc) is 2.99. The maximum atomic E-state index is 12.1.